The maximum Gasteiger partial charge on any atom is 0.416 e. The Hall–Kier alpha value is -2.14. The zero-order valence-corrected chi connectivity index (χ0v) is 22.3. The predicted octanol–water partition coefficient (Wildman–Crippen LogP) is 4.75. The number of carbonyl (C=O) groups is 2. The van der Waals surface area contributed by atoms with Crippen molar-refractivity contribution in [1.29, 1.82) is 0 Å². The van der Waals surface area contributed by atoms with Crippen LogP contribution in [-0.4, -0.2) is 55.5 Å². The minimum absolute atomic E-state index is 0.0178. The number of alkyl halides is 3. The third kappa shape index (κ3) is 9.38. The lowest BCUT2D eigenvalue weighted by Gasteiger charge is -2.37. The van der Waals surface area contributed by atoms with Crippen LogP contribution >= 0.6 is 0 Å². The van der Waals surface area contributed by atoms with E-state index in [1.165, 1.54) is 12.1 Å². The summed E-state index contributed by atoms with van der Waals surface area (Å²) in [5.41, 5.74) is -1.55. The molecule has 0 spiro atoms. The first-order valence-electron chi connectivity index (χ1n) is 12.1. The molecule has 1 aliphatic rings. The summed E-state index contributed by atoms with van der Waals surface area (Å²) in [6.07, 6.45) is -3.54. The highest BCUT2D eigenvalue weighted by Gasteiger charge is 2.36. The Balaban J connectivity index is 2.03. The number of alkyl carbamates (subject to hydrolysis) is 1. The van der Waals surface area contributed by atoms with Crippen LogP contribution in [0.1, 0.15) is 76.2 Å². The molecule has 1 aromatic carbocycles. The van der Waals surface area contributed by atoms with Crippen LogP contribution in [0.4, 0.5) is 18.0 Å². The van der Waals surface area contributed by atoms with Crippen LogP contribution in [0, 0.1) is 5.92 Å². The van der Waals surface area contributed by atoms with Gasteiger partial charge in [-0.05, 0) is 71.9 Å². The monoisotopic (exact) mass is 534 g/mol. The van der Waals surface area contributed by atoms with Gasteiger partial charge >= 0.3 is 12.3 Å². The van der Waals surface area contributed by atoms with E-state index in [1.54, 1.807) is 34.6 Å². The number of rotatable bonds is 9. The van der Waals surface area contributed by atoms with Gasteiger partial charge in [-0.2, -0.15) is 13.2 Å². The molecule has 0 heterocycles. The first-order chi connectivity index (χ1) is 16.5. The van der Waals surface area contributed by atoms with Gasteiger partial charge in [0, 0.05) is 30.6 Å². The fraction of sp³-hybridized carbons (Fsp3) is 0.680. The molecule has 0 aliphatic heterocycles. The molecule has 1 amide bonds. The van der Waals surface area contributed by atoms with Crippen molar-refractivity contribution in [2.75, 3.05) is 12.3 Å². The first kappa shape index (κ1) is 30.1. The molecule has 0 aromatic heterocycles. The molecule has 1 aromatic rings. The quantitative estimate of drug-likeness (QED) is 0.444. The van der Waals surface area contributed by atoms with Gasteiger partial charge in [0.25, 0.3) is 0 Å². The number of hydrogen-bond donors (Lipinski definition) is 2. The summed E-state index contributed by atoms with van der Waals surface area (Å²) in [6.45, 7) is 8.70. The molecular weight excluding hydrogens is 497 g/mol. The Kier molecular flexibility index (Phi) is 9.98. The van der Waals surface area contributed by atoms with Crippen LogP contribution in [0.2, 0.25) is 0 Å². The number of ether oxygens (including phenoxy) is 1. The van der Waals surface area contributed by atoms with Crippen molar-refractivity contribution in [3.63, 3.8) is 0 Å². The summed E-state index contributed by atoms with van der Waals surface area (Å²) >= 11 is 0. The Morgan fingerprint density at radius 3 is 2.39 bits per heavy atom. The highest BCUT2D eigenvalue weighted by Crippen LogP contribution is 2.30. The smallest absolute Gasteiger partial charge is 0.416 e. The van der Waals surface area contributed by atoms with Gasteiger partial charge in [-0.3, -0.25) is 4.79 Å². The van der Waals surface area contributed by atoms with Gasteiger partial charge in [0.05, 0.1) is 16.6 Å². The number of sulfone groups is 1. The summed E-state index contributed by atoms with van der Waals surface area (Å²) in [5, 5.41) is 5.51. The van der Waals surface area contributed by atoms with E-state index in [4.69, 9.17) is 4.74 Å². The van der Waals surface area contributed by atoms with Gasteiger partial charge in [-0.25, -0.2) is 13.2 Å². The van der Waals surface area contributed by atoms with Crippen LogP contribution in [0.15, 0.2) is 24.3 Å². The summed E-state index contributed by atoms with van der Waals surface area (Å²) in [7, 11) is -3.37. The van der Waals surface area contributed by atoms with Crippen molar-refractivity contribution in [3.05, 3.63) is 35.4 Å². The highest BCUT2D eigenvalue weighted by atomic mass is 32.2. The van der Waals surface area contributed by atoms with Gasteiger partial charge in [0.1, 0.15) is 5.60 Å². The minimum Gasteiger partial charge on any atom is -0.444 e. The fourth-order valence-electron chi connectivity index (χ4n) is 4.20. The second kappa shape index (κ2) is 11.9. The van der Waals surface area contributed by atoms with Crippen LogP contribution in [0.3, 0.4) is 0 Å². The van der Waals surface area contributed by atoms with Gasteiger partial charge in [-0.1, -0.05) is 12.1 Å². The fourth-order valence-corrected chi connectivity index (χ4v) is 5.55. The third-order valence-corrected chi connectivity index (χ3v) is 8.47. The average molecular weight is 535 g/mol. The predicted molar refractivity (Wildman–Crippen MR) is 132 cm³/mol. The van der Waals surface area contributed by atoms with Crippen LogP contribution in [-0.2, 0) is 20.8 Å². The molecule has 7 nitrogen and oxygen atoms in total. The second-order valence-electron chi connectivity index (χ2n) is 10.6. The van der Waals surface area contributed by atoms with E-state index < -0.39 is 44.3 Å². The summed E-state index contributed by atoms with van der Waals surface area (Å²) in [4.78, 5) is 24.7. The molecule has 0 bridgehead atoms. The number of nitrogens with one attached hydrogen (secondary N) is 2. The van der Waals surface area contributed by atoms with Crippen molar-refractivity contribution < 1.29 is 35.9 Å². The van der Waals surface area contributed by atoms with E-state index in [-0.39, 0.29) is 42.3 Å². The Bertz CT molecular complexity index is 1020. The lowest BCUT2D eigenvalue weighted by Crippen LogP contribution is -2.50. The normalized spacial score (nSPS) is 21.3. The summed E-state index contributed by atoms with van der Waals surface area (Å²) in [6, 6.07) is 3.84. The molecule has 2 rings (SSSR count). The van der Waals surface area contributed by atoms with E-state index in [0.29, 0.717) is 19.3 Å². The Morgan fingerprint density at radius 1 is 1.14 bits per heavy atom. The van der Waals surface area contributed by atoms with Gasteiger partial charge in [0.15, 0.2) is 15.6 Å². The number of halogens is 3. The molecule has 0 saturated heterocycles. The number of Topliss-reactive ketones (excluding diaryl/α,β-unsaturated/α-hetero) is 1. The summed E-state index contributed by atoms with van der Waals surface area (Å²) in [5.74, 6) is -0.814. The molecule has 36 heavy (non-hydrogen) atoms. The number of carbonyl (C=O) groups excluding carboxylic acids is 2. The van der Waals surface area contributed by atoms with Crippen LogP contribution in [0.5, 0.6) is 0 Å². The topological polar surface area (TPSA) is 102 Å². The maximum absolute atomic E-state index is 12.9. The number of ketones is 1. The van der Waals surface area contributed by atoms with Gasteiger partial charge in [-0.15, -0.1) is 0 Å². The zero-order chi connectivity index (χ0) is 27.3. The van der Waals surface area contributed by atoms with E-state index in [2.05, 4.69) is 10.6 Å². The van der Waals surface area contributed by atoms with Crippen molar-refractivity contribution in [2.45, 2.75) is 89.4 Å². The molecule has 1 saturated carbocycles. The van der Waals surface area contributed by atoms with Crippen molar-refractivity contribution >= 4 is 21.7 Å². The molecule has 2 N–H and O–H groups in total. The highest BCUT2D eigenvalue weighted by molar-refractivity contribution is 7.91. The molecule has 3 unspecified atom stereocenters. The standard InChI is InChI=1S/C25H37F3N2O5S/c1-16(2)36(33,34)15-18-14-20(30-23(32)35-24(3,4)5)9-10-21(18)29-12-11-22(31)17-7-6-8-19(13-17)25(26,27)28/h6-8,13,16,18,20-21,29H,9-12,14-15H2,1-5H3,(H,30,32). The maximum atomic E-state index is 12.9. The van der Waals surface area contributed by atoms with Crippen molar-refractivity contribution in [3.8, 4) is 0 Å². The molecule has 3 atom stereocenters. The van der Waals surface area contributed by atoms with E-state index in [1.807, 2.05) is 0 Å². The largest absolute Gasteiger partial charge is 0.444 e. The molecule has 204 valence electrons. The third-order valence-electron chi connectivity index (χ3n) is 6.14. The van der Waals surface area contributed by atoms with Crippen molar-refractivity contribution in [1.82, 2.24) is 10.6 Å². The van der Waals surface area contributed by atoms with E-state index in [0.717, 1.165) is 12.1 Å². The SMILES string of the molecule is CC(C)S(=O)(=O)CC1CC(NC(=O)OC(C)(C)C)CCC1NCCC(=O)c1cccc(C(F)(F)F)c1. The lowest BCUT2D eigenvalue weighted by atomic mass is 9.82. The van der Waals surface area contributed by atoms with Gasteiger partial charge in [0.2, 0.25) is 0 Å². The summed E-state index contributed by atoms with van der Waals surface area (Å²) < 4.78 is 69.5. The molecule has 1 aliphatic carbocycles. The number of benzene rings is 1. The zero-order valence-electron chi connectivity index (χ0n) is 21.4. The van der Waals surface area contributed by atoms with Crippen LogP contribution < -0.4 is 10.6 Å². The van der Waals surface area contributed by atoms with Crippen LogP contribution in [0.25, 0.3) is 0 Å². The minimum atomic E-state index is -4.53. The lowest BCUT2D eigenvalue weighted by molar-refractivity contribution is -0.137. The molecule has 0 radical (unpaired) electrons. The van der Waals surface area contributed by atoms with E-state index in [9.17, 15) is 31.2 Å². The van der Waals surface area contributed by atoms with Gasteiger partial charge < -0.3 is 15.4 Å². The van der Waals surface area contributed by atoms with E-state index >= 15 is 0 Å². The Labute approximate surface area is 211 Å². The molecule has 11 heteroatoms. The van der Waals surface area contributed by atoms with Crippen molar-refractivity contribution in [2.24, 2.45) is 5.92 Å². The first-order valence-corrected chi connectivity index (χ1v) is 13.8. The average Bonchev–Trinajstić information content (AvgIpc) is 2.73. The Morgan fingerprint density at radius 2 is 1.81 bits per heavy atom. The number of hydrogen-bond acceptors (Lipinski definition) is 6. The molecular formula is C25H37F3N2O5S. The second-order valence-corrected chi connectivity index (χ2v) is 13.2. The number of amides is 1. The molecule has 1 fully saturated rings.